The summed E-state index contributed by atoms with van der Waals surface area (Å²) in [7, 11) is 1.64. The molecule has 0 N–H and O–H groups in total. The highest BCUT2D eigenvalue weighted by Crippen LogP contribution is 2.23. The van der Waals surface area contributed by atoms with Gasteiger partial charge in [0, 0.05) is 17.4 Å². The lowest BCUT2D eigenvalue weighted by Crippen LogP contribution is -2.23. The molecule has 2 rings (SSSR count). The van der Waals surface area contributed by atoms with Crippen molar-refractivity contribution in [3.63, 3.8) is 0 Å². The van der Waals surface area contributed by atoms with E-state index >= 15 is 0 Å². The standard InChI is InChI=1S/C23H27Br2NO4/c1-3-30-22(27)11-6-4-5-7-14-26-21(19(24)16-20(25)23(26)28)13-12-17-9-8-10-18(15-17)29-2/h8-10,12-13,15-16H,3-7,11,14H2,1-2H3/b13-12+. The molecule has 0 radical (unpaired) electrons. The molecule has 7 heteroatoms. The summed E-state index contributed by atoms with van der Waals surface area (Å²) in [6.45, 7) is 2.84. The summed E-state index contributed by atoms with van der Waals surface area (Å²) < 4.78 is 13.4. The van der Waals surface area contributed by atoms with E-state index in [4.69, 9.17) is 9.47 Å². The van der Waals surface area contributed by atoms with Gasteiger partial charge in [0.1, 0.15) is 5.75 Å². The van der Waals surface area contributed by atoms with E-state index in [9.17, 15) is 9.59 Å². The number of methoxy groups -OCH3 is 1. The molecule has 0 aliphatic rings. The number of rotatable bonds is 11. The fourth-order valence-electron chi connectivity index (χ4n) is 3.05. The zero-order valence-electron chi connectivity index (χ0n) is 17.3. The summed E-state index contributed by atoms with van der Waals surface area (Å²) in [5.41, 5.74) is 1.75. The Morgan fingerprint density at radius 3 is 2.57 bits per heavy atom. The summed E-state index contributed by atoms with van der Waals surface area (Å²) in [6, 6.07) is 9.53. The van der Waals surface area contributed by atoms with Crippen LogP contribution in [-0.4, -0.2) is 24.3 Å². The smallest absolute Gasteiger partial charge is 0.305 e. The maximum Gasteiger partial charge on any atom is 0.305 e. The first-order chi connectivity index (χ1) is 14.5. The second-order valence-electron chi connectivity index (χ2n) is 6.76. The molecule has 2 aromatic rings. The van der Waals surface area contributed by atoms with E-state index in [0.29, 0.717) is 24.0 Å². The van der Waals surface area contributed by atoms with Crippen molar-refractivity contribution >= 4 is 50.0 Å². The van der Waals surface area contributed by atoms with Gasteiger partial charge in [0.25, 0.3) is 5.56 Å². The van der Waals surface area contributed by atoms with Crippen molar-refractivity contribution in [2.45, 2.75) is 45.6 Å². The fourth-order valence-corrected chi connectivity index (χ4v) is 4.38. The summed E-state index contributed by atoms with van der Waals surface area (Å²) in [5, 5.41) is 0. The molecule has 1 aromatic carbocycles. The Bertz CT molecular complexity index is 937. The minimum Gasteiger partial charge on any atom is -0.497 e. The second-order valence-corrected chi connectivity index (χ2v) is 8.47. The zero-order valence-corrected chi connectivity index (χ0v) is 20.5. The highest BCUT2D eigenvalue weighted by molar-refractivity contribution is 9.11. The number of benzene rings is 1. The van der Waals surface area contributed by atoms with E-state index in [1.807, 2.05) is 43.3 Å². The monoisotopic (exact) mass is 539 g/mol. The van der Waals surface area contributed by atoms with Crippen molar-refractivity contribution in [2.75, 3.05) is 13.7 Å². The van der Waals surface area contributed by atoms with Gasteiger partial charge < -0.3 is 14.0 Å². The second kappa shape index (κ2) is 12.7. The third kappa shape index (κ3) is 7.43. The SMILES string of the molecule is CCOC(=O)CCCCCCn1c(/C=C/c2cccc(OC)c2)c(Br)cc(Br)c1=O. The van der Waals surface area contributed by atoms with Gasteiger partial charge in [-0.1, -0.05) is 31.1 Å². The van der Waals surface area contributed by atoms with Crippen LogP contribution < -0.4 is 10.3 Å². The van der Waals surface area contributed by atoms with Crippen LogP contribution in [0.5, 0.6) is 5.75 Å². The van der Waals surface area contributed by atoms with E-state index in [1.54, 1.807) is 17.7 Å². The van der Waals surface area contributed by atoms with Crippen LogP contribution in [-0.2, 0) is 16.1 Å². The summed E-state index contributed by atoms with van der Waals surface area (Å²) >= 11 is 6.94. The number of carbonyl (C=O) groups excluding carboxylic acids is 1. The highest BCUT2D eigenvalue weighted by atomic mass is 79.9. The molecular weight excluding hydrogens is 514 g/mol. The predicted octanol–water partition coefficient (Wildman–Crippen LogP) is 6.07. The normalized spacial score (nSPS) is 11.1. The van der Waals surface area contributed by atoms with Crippen molar-refractivity contribution in [2.24, 2.45) is 0 Å². The van der Waals surface area contributed by atoms with E-state index < -0.39 is 0 Å². The lowest BCUT2D eigenvalue weighted by molar-refractivity contribution is -0.143. The topological polar surface area (TPSA) is 57.5 Å². The molecule has 0 spiro atoms. The minimum absolute atomic E-state index is 0.0602. The zero-order chi connectivity index (χ0) is 21.9. The van der Waals surface area contributed by atoms with Crippen molar-refractivity contribution in [1.29, 1.82) is 0 Å². The highest BCUT2D eigenvalue weighted by Gasteiger charge is 2.10. The Labute approximate surface area is 194 Å². The van der Waals surface area contributed by atoms with Gasteiger partial charge in [0.05, 0.1) is 23.9 Å². The van der Waals surface area contributed by atoms with Crippen LogP contribution >= 0.6 is 31.9 Å². The maximum absolute atomic E-state index is 12.7. The third-order valence-electron chi connectivity index (χ3n) is 4.58. The van der Waals surface area contributed by atoms with Crippen LogP contribution in [0.3, 0.4) is 0 Å². The Hall–Kier alpha value is -1.86. The molecule has 1 heterocycles. The molecule has 0 fully saturated rings. The van der Waals surface area contributed by atoms with Gasteiger partial charge >= 0.3 is 5.97 Å². The maximum atomic E-state index is 12.7. The van der Waals surface area contributed by atoms with E-state index in [0.717, 1.165) is 47.2 Å². The number of nitrogens with zero attached hydrogens (tertiary/aromatic N) is 1. The molecular formula is C23H27Br2NO4. The lowest BCUT2D eigenvalue weighted by Gasteiger charge is -2.13. The minimum atomic E-state index is -0.144. The van der Waals surface area contributed by atoms with Crippen LogP contribution in [0.15, 0.2) is 44.1 Å². The molecule has 5 nitrogen and oxygen atoms in total. The first-order valence-corrected chi connectivity index (χ1v) is 11.6. The number of unbranched alkanes of at least 4 members (excludes halogenated alkanes) is 3. The summed E-state index contributed by atoms with van der Waals surface area (Å²) in [5.74, 6) is 0.641. The first kappa shape index (κ1) is 24.4. The van der Waals surface area contributed by atoms with Gasteiger partial charge in [-0.3, -0.25) is 9.59 Å². The Morgan fingerprint density at radius 1 is 1.07 bits per heavy atom. The summed E-state index contributed by atoms with van der Waals surface area (Å²) in [4.78, 5) is 24.1. The number of ether oxygens (including phenoxy) is 2. The molecule has 162 valence electrons. The van der Waals surface area contributed by atoms with Gasteiger partial charge in [-0.15, -0.1) is 0 Å². The fraction of sp³-hybridized carbons (Fsp3) is 0.391. The van der Waals surface area contributed by atoms with Crippen molar-refractivity contribution in [3.8, 4) is 5.75 Å². The van der Waals surface area contributed by atoms with Gasteiger partial charge in [0.15, 0.2) is 0 Å². The Balaban J connectivity index is 2.06. The number of hydrogen-bond acceptors (Lipinski definition) is 4. The van der Waals surface area contributed by atoms with E-state index in [1.165, 1.54) is 0 Å². The van der Waals surface area contributed by atoms with Crippen LogP contribution in [0.2, 0.25) is 0 Å². The molecule has 1 aromatic heterocycles. The van der Waals surface area contributed by atoms with Crippen molar-refractivity contribution in [3.05, 3.63) is 60.9 Å². The number of esters is 1. The van der Waals surface area contributed by atoms with Crippen LogP contribution in [0, 0.1) is 0 Å². The molecule has 0 bridgehead atoms. The van der Waals surface area contributed by atoms with Gasteiger partial charge in [-0.25, -0.2) is 0 Å². The average molecular weight is 541 g/mol. The number of halogens is 2. The van der Waals surface area contributed by atoms with Crippen LogP contribution in [0.1, 0.15) is 50.3 Å². The van der Waals surface area contributed by atoms with Crippen LogP contribution in [0.4, 0.5) is 0 Å². The predicted molar refractivity (Wildman–Crippen MR) is 128 cm³/mol. The van der Waals surface area contributed by atoms with E-state index in [2.05, 4.69) is 31.9 Å². The van der Waals surface area contributed by atoms with Gasteiger partial charge in [-0.05, 0) is 81.5 Å². The van der Waals surface area contributed by atoms with Gasteiger partial charge in [-0.2, -0.15) is 0 Å². The molecule has 0 saturated heterocycles. The molecule has 0 amide bonds. The van der Waals surface area contributed by atoms with E-state index in [-0.39, 0.29) is 11.5 Å². The molecule has 0 aliphatic heterocycles. The molecule has 0 aliphatic carbocycles. The largest absolute Gasteiger partial charge is 0.497 e. The first-order valence-electron chi connectivity index (χ1n) is 10.0. The molecule has 0 atom stereocenters. The number of aromatic nitrogens is 1. The molecule has 0 unspecified atom stereocenters. The lowest BCUT2D eigenvalue weighted by atomic mass is 10.1. The third-order valence-corrected chi connectivity index (χ3v) is 5.79. The number of pyridine rings is 1. The molecule has 30 heavy (non-hydrogen) atoms. The quantitative estimate of drug-likeness (QED) is 0.256. The van der Waals surface area contributed by atoms with Crippen LogP contribution in [0.25, 0.3) is 12.2 Å². The van der Waals surface area contributed by atoms with Crippen molar-refractivity contribution < 1.29 is 14.3 Å². The summed E-state index contributed by atoms with van der Waals surface area (Å²) in [6.07, 6.45) is 7.88. The number of carbonyl (C=O) groups is 1. The van der Waals surface area contributed by atoms with Gasteiger partial charge in [0.2, 0.25) is 0 Å². The average Bonchev–Trinajstić information content (AvgIpc) is 2.73. The Morgan fingerprint density at radius 2 is 1.83 bits per heavy atom. The number of hydrogen-bond donors (Lipinski definition) is 0. The Kier molecular flexibility index (Phi) is 10.4. The molecule has 0 saturated carbocycles. The van der Waals surface area contributed by atoms with Crippen molar-refractivity contribution in [1.82, 2.24) is 4.57 Å².